The SMILES string of the molecule is Cc1ccc2c(CC(=O)OCC(=O)NC(=O)NC(C)(C)C)coc2c1. The summed E-state index contributed by atoms with van der Waals surface area (Å²) in [6.07, 6.45) is 1.49. The normalized spacial score (nSPS) is 11.2. The van der Waals surface area contributed by atoms with Crippen molar-refractivity contribution in [2.75, 3.05) is 6.61 Å². The number of benzene rings is 1. The van der Waals surface area contributed by atoms with E-state index >= 15 is 0 Å². The van der Waals surface area contributed by atoms with E-state index < -0.39 is 30.1 Å². The first-order valence-electron chi connectivity index (χ1n) is 7.88. The molecule has 0 bridgehead atoms. The molecular weight excluding hydrogens is 324 g/mol. The number of urea groups is 1. The number of nitrogens with one attached hydrogen (secondary N) is 2. The Hall–Kier alpha value is -2.83. The van der Waals surface area contributed by atoms with Crippen LogP contribution in [0.2, 0.25) is 0 Å². The number of hydrogen-bond acceptors (Lipinski definition) is 5. The summed E-state index contributed by atoms with van der Waals surface area (Å²) >= 11 is 0. The fraction of sp³-hybridized carbons (Fsp3) is 0.389. The number of carbonyl (C=O) groups is 3. The number of amides is 3. The largest absolute Gasteiger partial charge is 0.464 e. The minimum absolute atomic E-state index is 0.0163. The Morgan fingerprint density at radius 1 is 1.20 bits per heavy atom. The van der Waals surface area contributed by atoms with Crippen molar-refractivity contribution >= 4 is 28.9 Å². The standard InChI is InChI=1S/C18H22N2O5/c1-11-5-6-13-12(9-24-14(13)7-11)8-16(22)25-10-15(21)19-17(23)20-18(2,3)4/h5-7,9H,8,10H2,1-4H3,(H2,19,20,21,23). The third-order valence-corrected chi connectivity index (χ3v) is 3.25. The second-order valence-electron chi connectivity index (χ2n) is 6.85. The molecule has 7 heteroatoms. The molecule has 2 N–H and O–H groups in total. The molecule has 0 saturated carbocycles. The second kappa shape index (κ2) is 7.38. The third-order valence-electron chi connectivity index (χ3n) is 3.25. The Morgan fingerprint density at radius 3 is 2.60 bits per heavy atom. The van der Waals surface area contributed by atoms with Gasteiger partial charge in [-0.3, -0.25) is 14.9 Å². The molecule has 0 spiro atoms. The van der Waals surface area contributed by atoms with Crippen molar-refractivity contribution in [1.29, 1.82) is 0 Å². The maximum Gasteiger partial charge on any atom is 0.321 e. The Bertz CT molecular complexity index is 801. The Kier molecular flexibility index (Phi) is 5.46. The predicted octanol–water partition coefficient (Wildman–Crippen LogP) is 2.45. The molecule has 0 fully saturated rings. The van der Waals surface area contributed by atoms with Crippen molar-refractivity contribution in [1.82, 2.24) is 10.6 Å². The van der Waals surface area contributed by atoms with E-state index in [9.17, 15) is 14.4 Å². The van der Waals surface area contributed by atoms with Crippen molar-refractivity contribution in [2.24, 2.45) is 0 Å². The van der Waals surface area contributed by atoms with Crippen molar-refractivity contribution in [2.45, 2.75) is 39.7 Å². The number of imide groups is 1. The number of fused-ring (bicyclic) bond motifs is 1. The van der Waals surface area contributed by atoms with Crippen LogP contribution in [0, 0.1) is 6.92 Å². The summed E-state index contributed by atoms with van der Waals surface area (Å²) in [5, 5.41) is 5.51. The van der Waals surface area contributed by atoms with Crippen LogP contribution in [0.4, 0.5) is 4.79 Å². The van der Waals surface area contributed by atoms with E-state index in [1.165, 1.54) is 6.26 Å². The van der Waals surface area contributed by atoms with Gasteiger partial charge in [-0.25, -0.2) is 4.79 Å². The second-order valence-corrected chi connectivity index (χ2v) is 6.85. The summed E-state index contributed by atoms with van der Waals surface area (Å²) in [4.78, 5) is 35.1. The lowest BCUT2D eigenvalue weighted by atomic mass is 10.1. The first-order chi connectivity index (χ1) is 11.6. The summed E-state index contributed by atoms with van der Waals surface area (Å²) in [5.41, 5.74) is 1.97. The van der Waals surface area contributed by atoms with Gasteiger partial charge in [0.25, 0.3) is 5.91 Å². The summed E-state index contributed by atoms with van der Waals surface area (Å²) in [6, 6.07) is 5.05. The zero-order chi connectivity index (χ0) is 18.6. The average Bonchev–Trinajstić information content (AvgIpc) is 2.85. The summed E-state index contributed by atoms with van der Waals surface area (Å²) < 4.78 is 10.3. The molecule has 1 aromatic carbocycles. The van der Waals surface area contributed by atoms with Gasteiger partial charge in [-0.1, -0.05) is 12.1 Å². The molecule has 0 aliphatic heterocycles. The number of rotatable bonds is 4. The van der Waals surface area contributed by atoms with Gasteiger partial charge in [0.15, 0.2) is 6.61 Å². The Labute approximate surface area is 145 Å². The van der Waals surface area contributed by atoms with Gasteiger partial charge in [-0.15, -0.1) is 0 Å². The monoisotopic (exact) mass is 346 g/mol. The molecule has 7 nitrogen and oxygen atoms in total. The molecule has 3 amide bonds. The Balaban J connectivity index is 1.84. The smallest absolute Gasteiger partial charge is 0.321 e. The van der Waals surface area contributed by atoms with Crippen LogP contribution in [0.15, 0.2) is 28.9 Å². The fourth-order valence-electron chi connectivity index (χ4n) is 2.21. The third kappa shape index (κ3) is 5.63. The highest BCUT2D eigenvalue weighted by molar-refractivity contribution is 5.96. The highest BCUT2D eigenvalue weighted by Crippen LogP contribution is 2.22. The fourth-order valence-corrected chi connectivity index (χ4v) is 2.21. The molecule has 134 valence electrons. The van der Waals surface area contributed by atoms with Gasteiger partial charge >= 0.3 is 12.0 Å². The summed E-state index contributed by atoms with van der Waals surface area (Å²) in [5.74, 6) is -1.27. The van der Waals surface area contributed by atoms with Gasteiger partial charge < -0.3 is 14.5 Å². The van der Waals surface area contributed by atoms with E-state index in [0.29, 0.717) is 11.1 Å². The van der Waals surface area contributed by atoms with Crippen molar-refractivity contribution in [3.05, 3.63) is 35.6 Å². The Morgan fingerprint density at radius 2 is 1.92 bits per heavy atom. The molecule has 0 saturated heterocycles. The predicted molar refractivity (Wildman–Crippen MR) is 92.0 cm³/mol. The van der Waals surface area contributed by atoms with Crippen LogP contribution in [-0.4, -0.2) is 30.1 Å². The van der Waals surface area contributed by atoms with Crippen molar-refractivity contribution < 1.29 is 23.5 Å². The van der Waals surface area contributed by atoms with Crippen LogP contribution >= 0.6 is 0 Å². The molecule has 2 aromatic rings. The van der Waals surface area contributed by atoms with Crippen LogP contribution in [-0.2, 0) is 20.7 Å². The van der Waals surface area contributed by atoms with Gasteiger partial charge in [0.05, 0.1) is 12.7 Å². The number of ether oxygens (including phenoxy) is 1. The van der Waals surface area contributed by atoms with E-state index in [-0.39, 0.29) is 6.42 Å². The van der Waals surface area contributed by atoms with E-state index in [0.717, 1.165) is 10.9 Å². The number of carbonyl (C=O) groups excluding carboxylic acids is 3. The topological polar surface area (TPSA) is 97.6 Å². The quantitative estimate of drug-likeness (QED) is 0.829. The van der Waals surface area contributed by atoms with Crippen molar-refractivity contribution in [3.63, 3.8) is 0 Å². The van der Waals surface area contributed by atoms with E-state index in [1.54, 1.807) is 20.8 Å². The van der Waals surface area contributed by atoms with Gasteiger partial charge in [0, 0.05) is 16.5 Å². The highest BCUT2D eigenvalue weighted by Gasteiger charge is 2.17. The summed E-state index contributed by atoms with van der Waals surface area (Å²) in [6.45, 7) is 6.78. The minimum atomic E-state index is -0.692. The number of esters is 1. The molecule has 0 aliphatic rings. The average molecular weight is 346 g/mol. The van der Waals surface area contributed by atoms with Gasteiger partial charge in [-0.2, -0.15) is 0 Å². The van der Waals surface area contributed by atoms with Crippen LogP contribution in [0.3, 0.4) is 0 Å². The van der Waals surface area contributed by atoms with Crippen LogP contribution in [0.1, 0.15) is 31.9 Å². The first kappa shape index (κ1) is 18.5. The van der Waals surface area contributed by atoms with Crippen LogP contribution in [0.25, 0.3) is 11.0 Å². The molecule has 0 atom stereocenters. The zero-order valence-corrected chi connectivity index (χ0v) is 14.8. The van der Waals surface area contributed by atoms with E-state index in [2.05, 4.69) is 10.6 Å². The van der Waals surface area contributed by atoms with Crippen LogP contribution in [0.5, 0.6) is 0 Å². The molecule has 2 rings (SSSR count). The van der Waals surface area contributed by atoms with Gasteiger partial charge in [0.1, 0.15) is 5.58 Å². The summed E-state index contributed by atoms with van der Waals surface area (Å²) in [7, 11) is 0. The molecule has 0 aliphatic carbocycles. The molecule has 25 heavy (non-hydrogen) atoms. The first-order valence-corrected chi connectivity index (χ1v) is 7.88. The zero-order valence-electron chi connectivity index (χ0n) is 14.8. The highest BCUT2D eigenvalue weighted by atomic mass is 16.5. The molecular formula is C18H22N2O5. The van der Waals surface area contributed by atoms with E-state index in [4.69, 9.17) is 9.15 Å². The number of furan rings is 1. The number of aryl methyl sites for hydroxylation is 1. The lowest BCUT2D eigenvalue weighted by molar-refractivity contribution is -0.147. The minimum Gasteiger partial charge on any atom is -0.464 e. The molecule has 0 radical (unpaired) electrons. The van der Waals surface area contributed by atoms with Crippen LogP contribution < -0.4 is 10.6 Å². The maximum atomic E-state index is 11.9. The number of hydrogen-bond donors (Lipinski definition) is 2. The lowest BCUT2D eigenvalue weighted by Crippen LogP contribution is -2.49. The lowest BCUT2D eigenvalue weighted by Gasteiger charge is -2.20. The van der Waals surface area contributed by atoms with E-state index in [1.807, 2.05) is 25.1 Å². The maximum absolute atomic E-state index is 11.9. The van der Waals surface area contributed by atoms with Gasteiger partial charge in [-0.05, 0) is 39.3 Å². The molecule has 0 unspecified atom stereocenters. The molecule has 1 heterocycles. The van der Waals surface area contributed by atoms with Gasteiger partial charge in [0.2, 0.25) is 0 Å². The molecule has 1 aromatic heterocycles. The van der Waals surface area contributed by atoms with Crippen molar-refractivity contribution in [3.8, 4) is 0 Å².